The number of aliphatic hydroxyl groups excluding tert-OH is 1. The molecule has 0 aliphatic heterocycles. The molecule has 1 fully saturated rings. The van der Waals surface area contributed by atoms with E-state index in [1.165, 1.54) is 6.07 Å². The van der Waals surface area contributed by atoms with Gasteiger partial charge < -0.3 is 10.4 Å². The van der Waals surface area contributed by atoms with Crippen molar-refractivity contribution in [1.82, 2.24) is 0 Å². The fraction of sp³-hybridized carbons (Fsp3) is 0.538. The van der Waals surface area contributed by atoms with Gasteiger partial charge in [0.15, 0.2) is 0 Å². The van der Waals surface area contributed by atoms with Gasteiger partial charge in [0, 0.05) is 30.3 Å². The van der Waals surface area contributed by atoms with Gasteiger partial charge in [0.1, 0.15) is 0 Å². The number of nitrogens with zero attached hydrogens (tertiary/aromatic N) is 1. The summed E-state index contributed by atoms with van der Waals surface area (Å²) in [4.78, 5) is 10.2. The van der Waals surface area contributed by atoms with Gasteiger partial charge in [0.05, 0.1) is 11.0 Å². The molecule has 0 amide bonds. The molecule has 0 aromatic heterocycles. The third-order valence-corrected chi connectivity index (χ3v) is 3.59. The Morgan fingerprint density at radius 2 is 2.28 bits per heavy atom. The zero-order chi connectivity index (χ0) is 13.1. The summed E-state index contributed by atoms with van der Waals surface area (Å²) in [5.41, 5.74) is 1.87. The maximum Gasteiger partial charge on any atom is 0.269 e. The highest BCUT2D eigenvalue weighted by Crippen LogP contribution is 2.27. The monoisotopic (exact) mass is 250 g/mol. The highest BCUT2D eigenvalue weighted by atomic mass is 16.6. The Balaban J connectivity index is 1.99. The molecule has 0 radical (unpaired) electrons. The Morgan fingerprint density at radius 1 is 1.50 bits per heavy atom. The van der Waals surface area contributed by atoms with Crippen molar-refractivity contribution in [3.8, 4) is 0 Å². The molecule has 1 aromatic rings. The number of nitrogens with one attached hydrogen (secondary N) is 1. The molecular formula is C13H18N2O3. The van der Waals surface area contributed by atoms with Crippen molar-refractivity contribution in [3.05, 3.63) is 33.9 Å². The summed E-state index contributed by atoms with van der Waals surface area (Å²) < 4.78 is 0. The zero-order valence-corrected chi connectivity index (χ0v) is 10.4. The number of anilines is 1. The minimum Gasteiger partial charge on any atom is -0.393 e. The van der Waals surface area contributed by atoms with E-state index < -0.39 is 4.92 Å². The molecule has 1 aromatic carbocycles. The lowest BCUT2D eigenvalue weighted by atomic mass is 10.1. The highest BCUT2D eigenvalue weighted by Gasteiger charge is 2.24. The van der Waals surface area contributed by atoms with Crippen molar-refractivity contribution >= 4 is 11.4 Å². The molecule has 0 bridgehead atoms. The summed E-state index contributed by atoms with van der Waals surface area (Å²) in [6.07, 6.45) is 2.79. The van der Waals surface area contributed by atoms with Gasteiger partial charge in [0.25, 0.3) is 5.69 Å². The Kier molecular flexibility index (Phi) is 3.81. The SMILES string of the molecule is Cc1cc([N+](=O)[O-])ccc1NCC1CCCC1O. The van der Waals surface area contributed by atoms with E-state index in [2.05, 4.69) is 5.32 Å². The molecule has 1 aliphatic carbocycles. The van der Waals surface area contributed by atoms with Crippen LogP contribution in [0.4, 0.5) is 11.4 Å². The Hall–Kier alpha value is -1.62. The number of hydrogen-bond acceptors (Lipinski definition) is 4. The minimum absolute atomic E-state index is 0.110. The van der Waals surface area contributed by atoms with Crippen molar-refractivity contribution in [3.63, 3.8) is 0 Å². The van der Waals surface area contributed by atoms with Gasteiger partial charge in [-0.05, 0) is 31.4 Å². The van der Waals surface area contributed by atoms with Crippen LogP contribution in [0.2, 0.25) is 0 Å². The number of rotatable bonds is 4. The van der Waals surface area contributed by atoms with Crippen LogP contribution in [-0.2, 0) is 0 Å². The summed E-state index contributed by atoms with van der Waals surface area (Å²) in [6, 6.07) is 4.79. The van der Waals surface area contributed by atoms with Crippen LogP contribution in [0.5, 0.6) is 0 Å². The molecule has 5 heteroatoms. The van der Waals surface area contributed by atoms with Gasteiger partial charge in [0.2, 0.25) is 0 Å². The molecular weight excluding hydrogens is 232 g/mol. The second kappa shape index (κ2) is 5.35. The van der Waals surface area contributed by atoms with Crippen LogP contribution < -0.4 is 5.32 Å². The van der Waals surface area contributed by atoms with Crippen LogP contribution in [0.25, 0.3) is 0 Å². The van der Waals surface area contributed by atoms with Crippen molar-refractivity contribution in [2.45, 2.75) is 32.3 Å². The van der Waals surface area contributed by atoms with Crippen LogP contribution in [0.1, 0.15) is 24.8 Å². The van der Waals surface area contributed by atoms with E-state index in [0.29, 0.717) is 5.92 Å². The van der Waals surface area contributed by atoms with Crippen LogP contribution in [0.15, 0.2) is 18.2 Å². The predicted octanol–water partition coefficient (Wildman–Crippen LogP) is 2.48. The summed E-state index contributed by atoms with van der Waals surface area (Å²) in [5, 5.41) is 23.6. The lowest BCUT2D eigenvalue weighted by molar-refractivity contribution is -0.384. The van der Waals surface area contributed by atoms with Crippen LogP contribution in [-0.4, -0.2) is 22.7 Å². The number of aliphatic hydroxyl groups is 1. The maximum absolute atomic E-state index is 10.6. The fourth-order valence-corrected chi connectivity index (χ4v) is 2.46. The van der Waals surface area contributed by atoms with E-state index in [1.54, 1.807) is 12.1 Å². The third kappa shape index (κ3) is 2.79. The lowest BCUT2D eigenvalue weighted by Crippen LogP contribution is -2.22. The first-order chi connectivity index (χ1) is 8.58. The van der Waals surface area contributed by atoms with Crippen LogP contribution in [0.3, 0.4) is 0 Å². The van der Waals surface area contributed by atoms with Gasteiger partial charge in [-0.1, -0.05) is 6.42 Å². The average Bonchev–Trinajstić information content (AvgIpc) is 2.73. The summed E-state index contributed by atoms with van der Waals surface area (Å²) in [6.45, 7) is 2.57. The molecule has 1 aliphatic rings. The fourth-order valence-electron chi connectivity index (χ4n) is 2.46. The number of nitro groups is 1. The van der Waals surface area contributed by atoms with E-state index >= 15 is 0 Å². The van der Waals surface area contributed by atoms with Gasteiger partial charge in [-0.2, -0.15) is 0 Å². The molecule has 0 spiro atoms. The van der Waals surface area contributed by atoms with Crippen molar-refractivity contribution < 1.29 is 10.0 Å². The molecule has 0 heterocycles. The first kappa shape index (κ1) is 12.8. The molecule has 2 atom stereocenters. The topological polar surface area (TPSA) is 75.4 Å². The first-order valence-corrected chi connectivity index (χ1v) is 6.25. The summed E-state index contributed by atoms with van der Waals surface area (Å²) in [5.74, 6) is 0.291. The zero-order valence-electron chi connectivity index (χ0n) is 10.4. The maximum atomic E-state index is 10.6. The minimum atomic E-state index is -0.391. The quantitative estimate of drug-likeness (QED) is 0.636. The normalized spacial score (nSPS) is 23.0. The first-order valence-electron chi connectivity index (χ1n) is 6.25. The van der Waals surface area contributed by atoms with Gasteiger partial charge in [-0.25, -0.2) is 0 Å². The largest absolute Gasteiger partial charge is 0.393 e. The lowest BCUT2D eigenvalue weighted by Gasteiger charge is -2.17. The van der Waals surface area contributed by atoms with E-state index in [0.717, 1.165) is 37.1 Å². The van der Waals surface area contributed by atoms with Crippen molar-refractivity contribution in [2.24, 2.45) is 5.92 Å². The second-order valence-electron chi connectivity index (χ2n) is 4.90. The molecule has 2 unspecified atom stereocenters. The third-order valence-electron chi connectivity index (χ3n) is 3.59. The van der Waals surface area contributed by atoms with Gasteiger partial charge in [-0.15, -0.1) is 0 Å². The Labute approximate surface area is 106 Å². The molecule has 2 N–H and O–H groups in total. The molecule has 5 nitrogen and oxygen atoms in total. The van der Waals surface area contributed by atoms with E-state index in [9.17, 15) is 15.2 Å². The second-order valence-corrected chi connectivity index (χ2v) is 4.90. The van der Waals surface area contributed by atoms with E-state index in [1.807, 2.05) is 6.92 Å². The van der Waals surface area contributed by atoms with Gasteiger partial charge >= 0.3 is 0 Å². The van der Waals surface area contributed by atoms with E-state index in [-0.39, 0.29) is 11.8 Å². The van der Waals surface area contributed by atoms with Crippen molar-refractivity contribution in [1.29, 1.82) is 0 Å². The Morgan fingerprint density at radius 3 is 2.83 bits per heavy atom. The molecule has 2 rings (SSSR count). The van der Waals surface area contributed by atoms with Crippen LogP contribution >= 0.6 is 0 Å². The number of benzene rings is 1. The molecule has 18 heavy (non-hydrogen) atoms. The Bertz CT molecular complexity index is 448. The number of non-ortho nitro benzene ring substituents is 1. The smallest absolute Gasteiger partial charge is 0.269 e. The predicted molar refractivity (Wildman–Crippen MR) is 69.7 cm³/mol. The average molecular weight is 250 g/mol. The molecule has 0 saturated heterocycles. The highest BCUT2D eigenvalue weighted by molar-refractivity contribution is 5.55. The summed E-state index contributed by atoms with van der Waals surface area (Å²) >= 11 is 0. The van der Waals surface area contributed by atoms with Crippen molar-refractivity contribution in [2.75, 3.05) is 11.9 Å². The molecule has 98 valence electrons. The van der Waals surface area contributed by atoms with E-state index in [4.69, 9.17) is 0 Å². The number of aryl methyl sites for hydroxylation is 1. The standard InChI is InChI=1S/C13H18N2O3/c1-9-7-11(15(17)18)5-6-12(9)14-8-10-3-2-4-13(10)16/h5-7,10,13-14,16H,2-4,8H2,1H3. The van der Waals surface area contributed by atoms with Crippen LogP contribution in [0, 0.1) is 23.0 Å². The molecule has 1 saturated carbocycles. The number of hydrogen-bond donors (Lipinski definition) is 2. The number of nitro benzene ring substituents is 1. The summed E-state index contributed by atoms with van der Waals surface area (Å²) in [7, 11) is 0. The van der Waals surface area contributed by atoms with Gasteiger partial charge in [-0.3, -0.25) is 10.1 Å².